The molecule has 140 valence electrons. The minimum atomic E-state index is -4.46. The molecule has 1 aromatic heterocycles. The number of anilines is 1. The molecule has 0 spiro atoms. The lowest BCUT2D eigenvalue weighted by atomic mass is 10.1. The van der Waals surface area contributed by atoms with Crippen LogP contribution in [0.25, 0.3) is 10.9 Å². The predicted octanol–water partition coefficient (Wildman–Crippen LogP) is 3.77. The maximum atomic E-state index is 12.8. The summed E-state index contributed by atoms with van der Waals surface area (Å²) in [6.07, 6.45) is -4.32. The summed E-state index contributed by atoms with van der Waals surface area (Å²) in [7, 11) is 0. The largest absolute Gasteiger partial charge is 0.431 e. The molecule has 1 aliphatic rings. The van der Waals surface area contributed by atoms with Crippen molar-refractivity contribution in [2.75, 3.05) is 11.9 Å². The molecule has 1 atom stereocenters. The van der Waals surface area contributed by atoms with Crippen LogP contribution in [0.5, 0.6) is 0 Å². The number of aromatic nitrogens is 1. The molecule has 8 heteroatoms. The number of aromatic amines is 1. The van der Waals surface area contributed by atoms with Crippen molar-refractivity contribution in [3.05, 3.63) is 30.0 Å². The van der Waals surface area contributed by atoms with Gasteiger partial charge < -0.3 is 15.2 Å². The summed E-state index contributed by atoms with van der Waals surface area (Å²) in [5.74, 6) is -0.862. The molecule has 2 heterocycles. The number of H-pyrrole nitrogens is 1. The molecule has 1 aliphatic heterocycles. The van der Waals surface area contributed by atoms with Crippen LogP contribution in [-0.4, -0.2) is 33.8 Å². The first-order valence-electron chi connectivity index (χ1n) is 8.26. The first-order chi connectivity index (χ1) is 11.9. The van der Waals surface area contributed by atoms with Gasteiger partial charge in [-0.25, -0.2) is 0 Å². The average molecular weight is 367 g/mol. The Morgan fingerprint density at radius 2 is 1.92 bits per heavy atom. The minimum Gasteiger partial charge on any atom is -0.351 e. The summed E-state index contributed by atoms with van der Waals surface area (Å²) in [4.78, 5) is 28.5. The van der Waals surface area contributed by atoms with E-state index in [1.165, 1.54) is 18.2 Å². The molecule has 1 fully saturated rings. The van der Waals surface area contributed by atoms with E-state index in [0.717, 1.165) is 6.07 Å². The molecule has 0 aliphatic carbocycles. The molecule has 3 rings (SSSR count). The highest BCUT2D eigenvalue weighted by molar-refractivity contribution is 5.98. The Hall–Kier alpha value is -2.51. The van der Waals surface area contributed by atoms with Gasteiger partial charge in [-0.3, -0.25) is 9.59 Å². The molecule has 2 N–H and O–H groups in total. The molecule has 2 amide bonds. The highest BCUT2D eigenvalue weighted by Crippen LogP contribution is 2.32. The van der Waals surface area contributed by atoms with Crippen LogP contribution in [0.15, 0.2) is 24.3 Å². The number of alkyl halides is 3. The molecule has 5 nitrogen and oxygen atoms in total. The Balaban J connectivity index is 1.75. The number of carbonyl (C=O) groups excluding carboxylic acids is 2. The second kappa shape index (κ2) is 6.03. The number of halogens is 3. The zero-order valence-electron chi connectivity index (χ0n) is 14.7. The van der Waals surface area contributed by atoms with Gasteiger partial charge in [0.2, 0.25) is 11.8 Å². The van der Waals surface area contributed by atoms with Crippen molar-refractivity contribution in [2.45, 2.75) is 38.9 Å². The number of hydrogen-bond acceptors (Lipinski definition) is 2. The normalized spacial score (nSPS) is 18.6. The van der Waals surface area contributed by atoms with Gasteiger partial charge >= 0.3 is 6.18 Å². The molecule has 1 saturated heterocycles. The van der Waals surface area contributed by atoms with Crippen LogP contribution >= 0.6 is 0 Å². The van der Waals surface area contributed by atoms with Gasteiger partial charge in [-0.05, 0) is 45.0 Å². The Kier molecular flexibility index (Phi) is 4.24. The molecule has 2 aromatic rings. The second-order valence-electron chi connectivity index (χ2n) is 7.55. The highest BCUT2D eigenvalue weighted by atomic mass is 19.4. The van der Waals surface area contributed by atoms with E-state index in [1.54, 1.807) is 4.90 Å². The Morgan fingerprint density at radius 3 is 2.50 bits per heavy atom. The zero-order valence-corrected chi connectivity index (χ0v) is 14.7. The van der Waals surface area contributed by atoms with E-state index in [-0.39, 0.29) is 23.8 Å². The molecule has 0 bridgehead atoms. The lowest BCUT2D eigenvalue weighted by Gasteiger charge is -2.31. The number of benzene rings is 1. The van der Waals surface area contributed by atoms with Crippen LogP contribution in [0.4, 0.5) is 18.9 Å². The van der Waals surface area contributed by atoms with Crippen LogP contribution < -0.4 is 5.32 Å². The summed E-state index contributed by atoms with van der Waals surface area (Å²) in [6, 6.07) is 5.51. The van der Waals surface area contributed by atoms with Crippen molar-refractivity contribution in [1.29, 1.82) is 0 Å². The number of nitrogens with zero attached hydrogens (tertiary/aromatic N) is 1. The Labute approximate surface area is 148 Å². The smallest absolute Gasteiger partial charge is 0.351 e. The fourth-order valence-corrected chi connectivity index (χ4v) is 3.14. The van der Waals surface area contributed by atoms with Gasteiger partial charge in [0.05, 0.1) is 5.92 Å². The van der Waals surface area contributed by atoms with E-state index >= 15 is 0 Å². The van der Waals surface area contributed by atoms with E-state index in [4.69, 9.17) is 0 Å². The van der Waals surface area contributed by atoms with E-state index in [1.807, 2.05) is 20.8 Å². The molecule has 1 unspecified atom stereocenters. The van der Waals surface area contributed by atoms with E-state index < -0.39 is 17.8 Å². The maximum absolute atomic E-state index is 12.8. The number of nitrogens with one attached hydrogen (secondary N) is 2. The summed E-state index contributed by atoms with van der Waals surface area (Å²) in [5.41, 5.74) is -0.454. The summed E-state index contributed by atoms with van der Waals surface area (Å²) >= 11 is 0. The monoisotopic (exact) mass is 367 g/mol. The third-order valence-electron chi connectivity index (χ3n) is 4.50. The lowest BCUT2D eigenvalue weighted by Crippen LogP contribution is -2.42. The number of rotatable bonds is 2. The summed E-state index contributed by atoms with van der Waals surface area (Å²) in [5, 5.41) is 3.06. The average Bonchev–Trinajstić information content (AvgIpc) is 3.09. The van der Waals surface area contributed by atoms with Crippen LogP contribution in [0, 0.1) is 5.92 Å². The van der Waals surface area contributed by atoms with Gasteiger partial charge in [0.15, 0.2) is 0 Å². The number of fused-ring (bicyclic) bond motifs is 1. The first kappa shape index (κ1) is 18.3. The van der Waals surface area contributed by atoms with Gasteiger partial charge in [0.25, 0.3) is 0 Å². The van der Waals surface area contributed by atoms with Crippen molar-refractivity contribution >= 4 is 28.4 Å². The van der Waals surface area contributed by atoms with Crippen LogP contribution in [0.2, 0.25) is 0 Å². The van der Waals surface area contributed by atoms with Gasteiger partial charge in [0.1, 0.15) is 5.69 Å². The van der Waals surface area contributed by atoms with Crippen molar-refractivity contribution in [3.8, 4) is 0 Å². The second-order valence-corrected chi connectivity index (χ2v) is 7.55. The topological polar surface area (TPSA) is 65.2 Å². The van der Waals surface area contributed by atoms with Gasteiger partial charge in [-0.2, -0.15) is 13.2 Å². The van der Waals surface area contributed by atoms with Crippen molar-refractivity contribution in [1.82, 2.24) is 9.88 Å². The lowest BCUT2D eigenvalue weighted by molar-refractivity contribution is -0.140. The van der Waals surface area contributed by atoms with Crippen LogP contribution in [-0.2, 0) is 15.8 Å². The fourth-order valence-electron chi connectivity index (χ4n) is 3.14. The SMILES string of the molecule is CC(C)(C)N1CC(C(=O)Nc2ccc3[nH]c(C(F)(F)F)cc3c2)CC1=O. The molecule has 26 heavy (non-hydrogen) atoms. The standard InChI is InChI=1S/C18H20F3N3O2/c1-17(2,3)24-9-11(8-15(24)25)16(26)22-12-4-5-13-10(6-12)7-14(23-13)18(19,20)21/h4-7,11,23H,8-9H2,1-3H3,(H,22,26). The van der Waals surface area contributed by atoms with E-state index in [9.17, 15) is 22.8 Å². The first-order valence-corrected chi connectivity index (χ1v) is 8.26. The van der Waals surface area contributed by atoms with Crippen molar-refractivity contribution in [2.24, 2.45) is 5.92 Å². The van der Waals surface area contributed by atoms with Gasteiger partial charge in [-0.15, -0.1) is 0 Å². The third-order valence-corrected chi connectivity index (χ3v) is 4.50. The minimum absolute atomic E-state index is 0.0754. The van der Waals surface area contributed by atoms with Crippen molar-refractivity contribution < 1.29 is 22.8 Å². The van der Waals surface area contributed by atoms with Crippen LogP contribution in [0.3, 0.4) is 0 Å². The number of hydrogen-bond donors (Lipinski definition) is 2. The van der Waals surface area contributed by atoms with E-state index in [2.05, 4.69) is 10.3 Å². The Bertz CT molecular complexity index is 865. The summed E-state index contributed by atoms with van der Waals surface area (Å²) < 4.78 is 38.3. The quantitative estimate of drug-likeness (QED) is 0.849. The van der Waals surface area contributed by atoms with Crippen LogP contribution in [0.1, 0.15) is 32.9 Å². The fraction of sp³-hybridized carbons (Fsp3) is 0.444. The van der Waals surface area contributed by atoms with Crippen molar-refractivity contribution in [3.63, 3.8) is 0 Å². The van der Waals surface area contributed by atoms with Gasteiger partial charge in [-0.1, -0.05) is 0 Å². The highest BCUT2D eigenvalue weighted by Gasteiger charge is 2.39. The molecule has 0 saturated carbocycles. The predicted molar refractivity (Wildman–Crippen MR) is 91.5 cm³/mol. The third kappa shape index (κ3) is 3.54. The molecule has 1 aromatic carbocycles. The number of amides is 2. The Morgan fingerprint density at radius 1 is 1.23 bits per heavy atom. The molecule has 0 radical (unpaired) electrons. The number of carbonyl (C=O) groups is 2. The van der Waals surface area contributed by atoms with E-state index in [0.29, 0.717) is 23.1 Å². The summed E-state index contributed by atoms with van der Waals surface area (Å²) in [6.45, 7) is 6.05. The number of likely N-dealkylation sites (tertiary alicyclic amines) is 1. The van der Waals surface area contributed by atoms with Gasteiger partial charge in [0, 0.05) is 35.1 Å². The zero-order chi connectivity index (χ0) is 19.3. The molecular formula is C18H20F3N3O2. The molecular weight excluding hydrogens is 347 g/mol. The maximum Gasteiger partial charge on any atom is 0.431 e.